The normalized spacial score (nSPS) is 13.8. The highest BCUT2D eigenvalue weighted by Crippen LogP contribution is 2.20. The third-order valence-corrected chi connectivity index (χ3v) is 3.99. The Morgan fingerprint density at radius 1 is 1.33 bits per heavy atom. The zero-order valence-corrected chi connectivity index (χ0v) is 14.2. The molecule has 1 atom stereocenters. The molecule has 21 heavy (non-hydrogen) atoms. The Kier molecular flexibility index (Phi) is 5.78. The van der Waals surface area contributed by atoms with Crippen LogP contribution in [0.2, 0.25) is 5.02 Å². The maximum atomic E-state index is 12.0. The number of carbonyl (C=O) groups is 1. The topological polar surface area (TPSA) is 75.3 Å². The average molecular weight is 333 g/mol. The molecule has 0 aromatic heterocycles. The summed E-state index contributed by atoms with van der Waals surface area (Å²) in [6.45, 7) is 5.23. The molecule has 0 saturated carbocycles. The van der Waals surface area contributed by atoms with Gasteiger partial charge in [-0.15, -0.1) is 0 Å². The second-order valence-electron chi connectivity index (χ2n) is 5.75. The van der Waals surface area contributed by atoms with Crippen LogP contribution in [0.3, 0.4) is 0 Å². The lowest BCUT2D eigenvalue weighted by atomic mass is 9.94. The van der Waals surface area contributed by atoms with E-state index in [0.29, 0.717) is 11.4 Å². The number of carbonyl (C=O) groups excluding carboxylic acids is 1. The molecular formula is C14H21ClN2O3S. The van der Waals surface area contributed by atoms with Crippen molar-refractivity contribution in [3.63, 3.8) is 0 Å². The number of sulfonamides is 1. The molecule has 0 radical (unpaired) electrons. The number of rotatable bonds is 6. The first-order chi connectivity index (χ1) is 9.50. The number of halogens is 1. The van der Waals surface area contributed by atoms with Crippen LogP contribution in [0.1, 0.15) is 26.3 Å². The van der Waals surface area contributed by atoms with Gasteiger partial charge in [0.15, 0.2) is 0 Å². The van der Waals surface area contributed by atoms with E-state index in [-0.39, 0.29) is 5.91 Å². The number of benzene rings is 1. The van der Waals surface area contributed by atoms with Gasteiger partial charge in [0.1, 0.15) is 0 Å². The van der Waals surface area contributed by atoms with Crippen molar-refractivity contribution < 1.29 is 13.2 Å². The quantitative estimate of drug-likeness (QED) is 0.832. The van der Waals surface area contributed by atoms with Gasteiger partial charge < -0.3 is 5.32 Å². The van der Waals surface area contributed by atoms with Gasteiger partial charge in [0.05, 0.1) is 12.3 Å². The third kappa shape index (κ3) is 6.46. The number of hydrogen-bond acceptors (Lipinski definition) is 3. The molecule has 0 aliphatic heterocycles. The lowest BCUT2D eigenvalue weighted by Crippen LogP contribution is -2.52. The molecule has 0 aliphatic rings. The van der Waals surface area contributed by atoms with Crippen LogP contribution < -0.4 is 10.0 Å². The fraction of sp³-hybridized carbons (Fsp3) is 0.500. The van der Waals surface area contributed by atoms with Crippen LogP contribution in [0.5, 0.6) is 0 Å². The maximum absolute atomic E-state index is 12.0. The monoisotopic (exact) mass is 332 g/mol. The SMILES string of the molecule is C[C@@H](NS(C)(=O)=O)C(=O)NC(C)(C)Cc1ccccc1Cl. The molecule has 118 valence electrons. The summed E-state index contributed by atoms with van der Waals surface area (Å²) in [6.07, 6.45) is 1.57. The second-order valence-corrected chi connectivity index (χ2v) is 7.94. The summed E-state index contributed by atoms with van der Waals surface area (Å²) in [4.78, 5) is 12.0. The van der Waals surface area contributed by atoms with E-state index >= 15 is 0 Å². The van der Waals surface area contributed by atoms with Crippen molar-refractivity contribution in [1.29, 1.82) is 0 Å². The van der Waals surface area contributed by atoms with E-state index in [1.165, 1.54) is 6.92 Å². The summed E-state index contributed by atoms with van der Waals surface area (Å²) in [7, 11) is -3.42. The molecule has 2 N–H and O–H groups in total. The summed E-state index contributed by atoms with van der Waals surface area (Å²) in [5.41, 5.74) is 0.378. The molecule has 0 unspecified atom stereocenters. The standard InChI is InChI=1S/C14H21ClN2O3S/c1-10(17-21(4,19)20)13(18)16-14(2,3)9-11-7-5-6-8-12(11)15/h5-8,10,17H,9H2,1-4H3,(H,16,18)/t10-/m1/s1. The van der Waals surface area contributed by atoms with Crippen LogP contribution in [0, 0.1) is 0 Å². The molecule has 0 heterocycles. The van der Waals surface area contributed by atoms with Gasteiger partial charge in [-0.3, -0.25) is 4.79 Å². The highest BCUT2D eigenvalue weighted by molar-refractivity contribution is 7.88. The molecule has 0 saturated heterocycles. The van der Waals surface area contributed by atoms with Crippen molar-refractivity contribution in [3.05, 3.63) is 34.9 Å². The van der Waals surface area contributed by atoms with E-state index in [9.17, 15) is 13.2 Å². The Labute approximate surface area is 131 Å². The van der Waals surface area contributed by atoms with Gasteiger partial charge in [0.25, 0.3) is 0 Å². The van der Waals surface area contributed by atoms with E-state index < -0.39 is 21.6 Å². The summed E-state index contributed by atoms with van der Waals surface area (Å²) >= 11 is 6.11. The first kappa shape index (κ1) is 17.9. The van der Waals surface area contributed by atoms with Gasteiger partial charge in [0, 0.05) is 10.6 Å². The molecule has 0 aliphatic carbocycles. The summed E-state index contributed by atoms with van der Waals surface area (Å²) < 4.78 is 24.5. The van der Waals surface area contributed by atoms with Gasteiger partial charge in [0.2, 0.25) is 15.9 Å². The van der Waals surface area contributed by atoms with Gasteiger partial charge in [-0.05, 0) is 38.8 Å². The van der Waals surface area contributed by atoms with E-state index in [1.54, 1.807) is 6.07 Å². The van der Waals surface area contributed by atoms with Gasteiger partial charge in [-0.1, -0.05) is 29.8 Å². The van der Waals surface area contributed by atoms with E-state index in [2.05, 4.69) is 10.0 Å². The summed E-state index contributed by atoms with van der Waals surface area (Å²) in [5.74, 6) is -0.377. The predicted octanol–water partition coefficient (Wildman–Crippen LogP) is 1.72. The highest BCUT2D eigenvalue weighted by atomic mass is 35.5. The molecule has 1 aromatic carbocycles. The number of nitrogens with one attached hydrogen (secondary N) is 2. The zero-order valence-electron chi connectivity index (χ0n) is 12.6. The van der Waals surface area contributed by atoms with Crippen LogP contribution in [0.15, 0.2) is 24.3 Å². The smallest absolute Gasteiger partial charge is 0.238 e. The molecule has 1 rings (SSSR count). The third-order valence-electron chi connectivity index (χ3n) is 2.84. The lowest BCUT2D eigenvalue weighted by Gasteiger charge is -2.28. The van der Waals surface area contributed by atoms with Crippen molar-refractivity contribution in [3.8, 4) is 0 Å². The van der Waals surface area contributed by atoms with E-state index in [4.69, 9.17) is 11.6 Å². The van der Waals surface area contributed by atoms with E-state index in [1.807, 2.05) is 32.0 Å². The molecule has 0 spiro atoms. The predicted molar refractivity (Wildman–Crippen MR) is 84.8 cm³/mol. The second kappa shape index (κ2) is 6.77. The van der Waals surface area contributed by atoms with Crippen molar-refractivity contribution in [2.75, 3.05) is 6.26 Å². The Morgan fingerprint density at radius 3 is 2.43 bits per heavy atom. The molecule has 1 aromatic rings. The largest absolute Gasteiger partial charge is 0.350 e. The van der Waals surface area contributed by atoms with Gasteiger partial charge in [-0.2, -0.15) is 0 Å². The Hall–Kier alpha value is -1.11. The zero-order chi connectivity index (χ0) is 16.3. The van der Waals surface area contributed by atoms with Gasteiger partial charge >= 0.3 is 0 Å². The van der Waals surface area contributed by atoms with Crippen LogP contribution in [0.25, 0.3) is 0 Å². The van der Waals surface area contributed by atoms with Gasteiger partial charge in [-0.25, -0.2) is 13.1 Å². The molecular weight excluding hydrogens is 312 g/mol. The lowest BCUT2D eigenvalue weighted by molar-refractivity contribution is -0.123. The first-order valence-corrected chi connectivity index (χ1v) is 8.80. The highest BCUT2D eigenvalue weighted by Gasteiger charge is 2.25. The molecule has 5 nitrogen and oxygen atoms in total. The maximum Gasteiger partial charge on any atom is 0.238 e. The van der Waals surface area contributed by atoms with Crippen molar-refractivity contribution in [2.24, 2.45) is 0 Å². The minimum Gasteiger partial charge on any atom is -0.350 e. The first-order valence-electron chi connectivity index (χ1n) is 6.53. The average Bonchev–Trinajstić information content (AvgIpc) is 2.29. The molecule has 0 bridgehead atoms. The van der Waals surface area contributed by atoms with Crippen LogP contribution >= 0.6 is 11.6 Å². The minimum atomic E-state index is -3.42. The van der Waals surface area contributed by atoms with Crippen molar-refractivity contribution in [1.82, 2.24) is 10.0 Å². The Morgan fingerprint density at radius 2 is 1.90 bits per heavy atom. The van der Waals surface area contributed by atoms with E-state index in [0.717, 1.165) is 11.8 Å². The number of amides is 1. The number of hydrogen-bond donors (Lipinski definition) is 2. The molecule has 7 heteroatoms. The van der Waals surface area contributed by atoms with Crippen LogP contribution in [-0.4, -0.2) is 32.2 Å². The molecule has 0 fully saturated rings. The Bertz CT molecular complexity index is 614. The fourth-order valence-corrected chi connectivity index (χ4v) is 2.93. The van der Waals surface area contributed by atoms with Crippen LogP contribution in [0.4, 0.5) is 0 Å². The van der Waals surface area contributed by atoms with Crippen molar-refractivity contribution >= 4 is 27.5 Å². The fourth-order valence-electron chi connectivity index (χ4n) is 1.98. The Balaban J connectivity index is 2.72. The summed E-state index contributed by atoms with van der Waals surface area (Å²) in [5, 5.41) is 3.47. The summed E-state index contributed by atoms with van der Waals surface area (Å²) in [6, 6.07) is 6.59. The minimum absolute atomic E-state index is 0.377. The molecule has 1 amide bonds. The van der Waals surface area contributed by atoms with Crippen LogP contribution in [-0.2, 0) is 21.2 Å². The van der Waals surface area contributed by atoms with Crippen molar-refractivity contribution in [2.45, 2.75) is 38.8 Å².